The van der Waals surface area contributed by atoms with Crippen LogP contribution in [-0.4, -0.2) is 12.7 Å². The minimum atomic E-state index is 0.0965. The van der Waals surface area contributed by atoms with Crippen molar-refractivity contribution in [2.75, 3.05) is 6.61 Å². The molecule has 1 aliphatic rings. The first kappa shape index (κ1) is 14.0. The molecule has 0 spiro atoms. The molecule has 4 heteroatoms. The first-order valence-electron chi connectivity index (χ1n) is 6.48. The Morgan fingerprint density at radius 1 is 1.20 bits per heavy atom. The molecule has 20 heavy (non-hydrogen) atoms. The lowest BCUT2D eigenvalue weighted by molar-refractivity contribution is 0.148. The summed E-state index contributed by atoms with van der Waals surface area (Å²) in [6.07, 6.45) is 1.01. The second-order valence-corrected chi connectivity index (χ2v) is 6.22. The van der Waals surface area contributed by atoms with E-state index in [0.717, 1.165) is 33.3 Å². The molecule has 0 aliphatic carbocycles. The van der Waals surface area contributed by atoms with Crippen LogP contribution in [0.3, 0.4) is 0 Å². The standard InChI is InChI=1S/C16H14Br2O2/c17-9-12-7-13(18)5-6-15(12)19-10-14-8-11-3-1-2-4-16(11)20-14/h1-7,14H,8-10H2. The van der Waals surface area contributed by atoms with E-state index in [9.17, 15) is 0 Å². The second kappa shape index (κ2) is 6.19. The molecule has 2 aromatic rings. The predicted octanol–water partition coefficient (Wildman–Crippen LogP) is 4.73. The maximum atomic E-state index is 5.92. The van der Waals surface area contributed by atoms with E-state index in [1.54, 1.807) is 0 Å². The van der Waals surface area contributed by atoms with Gasteiger partial charge in [-0.05, 0) is 29.8 Å². The van der Waals surface area contributed by atoms with Crippen LogP contribution >= 0.6 is 31.9 Å². The Labute approximate surface area is 135 Å². The number of hydrogen-bond acceptors (Lipinski definition) is 2. The van der Waals surface area contributed by atoms with Gasteiger partial charge in [0, 0.05) is 21.8 Å². The Hall–Kier alpha value is -1.00. The summed E-state index contributed by atoms with van der Waals surface area (Å²) in [5, 5.41) is 0.771. The molecular formula is C16H14Br2O2. The van der Waals surface area contributed by atoms with E-state index in [0.29, 0.717) is 6.61 Å². The molecule has 0 saturated heterocycles. The third-order valence-electron chi connectivity index (χ3n) is 3.31. The van der Waals surface area contributed by atoms with Crippen LogP contribution in [0.2, 0.25) is 0 Å². The molecule has 104 valence electrons. The zero-order valence-corrected chi connectivity index (χ0v) is 14.0. The number of benzene rings is 2. The van der Waals surface area contributed by atoms with Crippen molar-refractivity contribution in [1.29, 1.82) is 0 Å². The molecule has 0 N–H and O–H groups in total. The van der Waals surface area contributed by atoms with E-state index in [1.165, 1.54) is 5.56 Å². The first-order chi connectivity index (χ1) is 9.76. The van der Waals surface area contributed by atoms with Crippen LogP contribution in [-0.2, 0) is 11.8 Å². The van der Waals surface area contributed by atoms with Gasteiger partial charge in [-0.3, -0.25) is 0 Å². The molecule has 0 bridgehead atoms. The zero-order chi connectivity index (χ0) is 13.9. The van der Waals surface area contributed by atoms with Crippen molar-refractivity contribution < 1.29 is 9.47 Å². The van der Waals surface area contributed by atoms with Gasteiger partial charge in [-0.15, -0.1) is 0 Å². The maximum absolute atomic E-state index is 5.92. The fraction of sp³-hybridized carbons (Fsp3) is 0.250. The summed E-state index contributed by atoms with van der Waals surface area (Å²) in [4.78, 5) is 0. The van der Waals surface area contributed by atoms with E-state index in [1.807, 2.05) is 30.3 Å². The molecule has 1 unspecified atom stereocenters. The highest BCUT2D eigenvalue weighted by Crippen LogP contribution is 2.30. The summed E-state index contributed by atoms with van der Waals surface area (Å²) < 4.78 is 12.9. The first-order valence-corrected chi connectivity index (χ1v) is 8.39. The van der Waals surface area contributed by atoms with E-state index < -0.39 is 0 Å². The van der Waals surface area contributed by atoms with Gasteiger partial charge in [0.25, 0.3) is 0 Å². The van der Waals surface area contributed by atoms with Crippen LogP contribution < -0.4 is 9.47 Å². The second-order valence-electron chi connectivity index (χ2n) is 4.75. The van der Waals surface area contributed by atoms with Crippen molar-refractivity contribution in [2.45, 2.75) is 17.9 Å². The van der Waals surface area contributed by atoms with Crippen molar-refractivity contribution in [1.82, 2.24) is 0 Å². The summed E-state index contributed by atoms with van der Waals surface area (Å²) in [7, 11) is 0. The molecule has 1 aliphatic heterocycles. The van der Waals surface area contributed by atoms with Crippen molar-refractivity contribution in [2.24, 2.45) is 0 Å². The Bertz CT molecular complexity index is 588. The topological polar surface area (TPSA) is 18.5 Å². The Balaban J connectivity index is 1.64. The number of alkyl halides is 1. The van der Waals surface area contributed by atoms with E-state index in [4.69, 9.17) is 9.47 Å². The summed E-state index contributed by atoms with van der Waals surface area (Å²) in [5.41, 5.74) is 2.40. The summed E-state index contributed by atoms with van der Waals surface area (Å²) in [6, 6.07) is 14.2. The van der Waals surface area contributed by atoms with Crippen molar-refractivity contribution in [3.05, 3.63) is 58.1 Å². The predicted molar refractivity (Wildman–Crippen MR) is 86.8 cm³/mol. The number of fused-ring (bicyclic) bond motifs is 1. The highest BCUT2D eigenvalue weighted by Gasteiger charge is 2.23. The Kier molecular flexibility index (Phi) is 4.32. The quantitative estimate of drug-likeness (QED) is 0.694. The average molecular weight is 398 g/mol. The lowest BCUT2D eigenvalue weighted by atomic mass is 10.1. The van der Waals surface area contributed by atoms with Gasteiger partial charge in [-0.1, -0.05) is 50.1 Å². The normalized spacial score (nSPS) is 16.6. The van der Waals surface area contributed by atoms with Crippen LogP contribution in [0.5, 0.6) is 11.5 Å². The molecule has 0 amide bonds. The lowest BCUT2D eigenvalue weighted by Crippen LogP contribution is -2.22. The Morgan fingerprint density at radius 3 is 2.85 bits per heavy atom. The summed E-state index contributed by atoms with van der Waals surface area (Å²) in [5.74, 6) is 1.89. The number of halogens is 2. The summed E-state index contributed by atoms with van der Waals surface area (Å²) >= 11 is 6.96. The molecule has 3 rings (SSSR count). The monoisotopic (exact) mass is 396 g/mol. The molecule has 0 fully saturated rings. The van der Waals surface area contributed by atoms with E-state index in [-0.39, 0.29) is 6.10 Å². The average Bonchev–Trinajstić information content (AvgIpc) is 2.88. The van der Waals surface area contributed by atoms with Gasteiger partial charge in [-0.2, -0.15) is 0 Å². The van der Waals surface area contributed by atoms with Crippen LogP contribution in [0, 0.1) is 0 Å². The Morgan fingerprint density at radius 2 is 2.05 bits per heavy atom. The lowest BCUT2D eigenvalue weighted by Gasteiger charge is -2.14. The minimum absolute atomic E-state index is 0.0965. The number of para-hydroxylation sites is 1. The number of ether oxygens (including phenoxy) is 2. The maximum Gasteiger partial charge on any atom is 0.137 e. The van der Waals surface area contributed by atoms with Crippen LogP contribution in [0.1, 0.15) is 11.1 Å². The summed E-state index contributed by atoms with van der Waals surface area (Å²) in [6.45, 7) is 0.566. The van der Waals surface area contributed by atoms with E-state index >= 15 is 0 Å². The number of hydrogen-bond donors (Lipinski definition) is 0. The van der Waals surface area contributed by atoms with Crippen LogP contribution in [0.4, 0.5) is 0 Å². The molecule has 2 nitrogen and oxygen atoms in total. The molecule has 0 saturated carbocycles. The third kappa shape index (κ3) is 3.01. The minimum Gasteiger partial charge on any atom is -0.489 e. The van der Waals surface area contributed by atoms with Gasteiger partial charge >= 0.3 is 0 Å². The van der Waals surface area contributed by atoms with Crippen molar-refractivity contribution in [3.8, 4) is 11.5 Å². The molecule has 0 radical (unpaired) electrons. The molecular weight excluding hydrogens is 384 g/mol. The van der Waals surface area contributed by atoms with Crippen LogP contribution in [0.15, 0.2) is 46.9 Å². The molecule has 1 heterocycles. The van der Waals surface area contributed by atoms with Gasteiger partial charge in [0.15, 0.2) is 0 Å². The smallest absolute Gasteiger partial charge is 0.137 e. The van der Waals surface area contributed by atoms with Gasteiger partial charge in [0.1, 0.15) is 24.2 Å². The van der Waals surface area contributed by atoms with Crippen molar-refractivity contribution >= 4 is 31.9 Å². The van der Waals surface area contributed by atoms with Gasteiger partial charge < -0.3 is 9.47 Å². The number of rotatable bonds is 4. The highest BCUT2D eigenvalue weighted by molar-refractivity contribution is 9.10. The largest absolute Gasteiger partial charge is 0.489 e. The highest BCUT2D eigenvalue weighted by atomic mass is 79.9. The van der Waals surface area contributed by atoms with Gasteiger partial charge in [-0.25, -0.2) is 0 Å². The van der Waals surface area contributed by atoms with Gasteiger partial charge in [0.2, 0.25) is 0 Å². The fourth-order valence-electron chi connectivity index (χ4n) is 2.32. The van der Waals surface area contributed by atoms with E-state index in [2.05, 4.69) is 44.0 Å². The zero-order valence-electron chi connectivity index (χ0n) is 10.8. The molecule has 1 atom stereocenters. The van der Waals surface area contributed by atoms with Crippen molar-refractivity contribution in [3.63, 3.8) is 0 Å². The van der Waals surface area contributed by atoms with Crippen LogP contribution in [0.25, 0.3) is 0 Å². The SMILES string of the molecule is BrCc1cc(Br)ccc1OCC1Cc2ccccc2O1. The third-order valence-corrected chi connectivity index (χ3v) is 4.40. The fourth-order valence-corrected chi connectivity index (χ4v) is 3.17. The van der Waals surface area contributed by atoms with Gasteiger partial charge in [0.05, 0.1) is 0 Å². The molecule has 2 aromatic carbocycles. The molecule has 0 aromatic heterocycles.